The first-order valence-electron chi connectivity index (χ1n) is 4.74. The van der Waals surface area contributed by atoms with Crippen molar-refractivity contribution in [2.24, 2.45) is 11.3 Å². The largest absolute Gasteiger partial charge is 0.468 e. The molecule has 0 aliphatic carbocycles. The SMILES string of the molecule is COC(=O)C(C#N)C(C)(C)C(Cl)CC(Cl)(Cl)Cl. The fraction of sp³-hybridized carbons (Fsp3) is 0.800. The number of hydrogen-bond donors (Lipinski definition) is 0. The Morgan fingerprint density at radius 3 is 2.18 bits per heavy atom. The molecule has 0 saturated carbocycles. The summed E-state index contributed by atoms with van der Waals surface area (Å²) < 4.78 is 3.02. The van der Waals surface area contributed by atoms with Crippen molar-refractivity contribution in [2.45, 2.75) is 29.4 Å². The van der Waals surface area contributed by atoms with Gasteiger partial charge in [0.15, 0.2) is 9.71 Å². The molecule has 0 spiro atoms. The van der Waals surface area contributed by atoms with Crippen LogP contribution in [0.2, 0.25) is 0 Å². The number of carbonyl (C=O) groups is 1. The van der Waals surface area contributed by atoms with Gasteiger partial charge in [-0.05, 0) is 0 Å². The molecule has 0 aromatic heterocycles. The molecule has 0 N–H and O–H groups in total. The number of rotatable bonds is 4. The number of carbonyl (C=O) groups excluding carboxylic acids is 1. The van der Waals surface area contributed by atoms with E-state index in [1.807, 2.05) is 6.07 Å². The van der Waals surface area contributed by atoms with E-state index >= 15 is 0 Å². The first-order chi connectivity index (χ1) is 7.56. The predicted octanol–water partition coefficient (Wildman–Crippen LogP) is 3.69. The second kappa shape index (κ2) is 6.33. The van der Waals surface area contributed by atoms with Crippen LogP contribution < -0.4 is 0 Å². The highest BCUT2D eigenvalue weighted by Crippen LogP contribution is 2.42. The number of methoxy groups -OCH3 is 1. The van der Waals surface area contributed by atoms with Crippen molar-refractivity contribution in [1.82, 2.24) is 0 Å². The zero-order valence-electron chi connectivity index (χ0n) is 9.64. The van der Waals surface area contributed by atoms with Gasteiger partial charge in [0.1, 0.15) is 0 Å². The molecular formula is C10H13Cl4NO2. The molecule has 0 amide bonds. The standard InChI is InChI=1S/C10H13Cl4NO2/c1-9(2,6(5-15)8(16)17-3)7(11)4-10(12,13)14/h6-7H,4H2,1-3H3. The monoisotopic (exact) mass is 319 g/mol. The number of ether oxygens (including phenoxy) is 1. The Labute approximate surface area is 121 Å². The van der Waals surface area contributed by atoms with Crippen molar-refractivity contribution in [3.63, 3.8) is 0 Å². The summed E-state index contributed by atoms with van der Waals surface area (Å²) in [5.41, 5.74) is -0.868. The third kappa shape index (κ3) is 5.09. The number of halogens is 4. The molecule has 0 aromatic rings. The molecule has 0 aliphatic heterocycles. The molecule has 0 bridgehead atoms. The average molecular weight is 321 g/mol. The van der Waals surface area contributed by atoms with Crippen molar-refractivity contribution in [3.8, 4) is 6.07 Å². The van der Waals surface area contributed by atoms with Crippen molar-refractivity contribution < 1.29 is 9.53 Å². The van der Waals surface area contributed by atoms with E-state index in [4.69, 9.17) is 51.7 Å². The van der Waals surface area contributed by atoms with Gasteiger partial charge in [-0.1, -0.05) is 48.7 Å². The molecule has 0 fully saturated rings. The van der Waals surface area contributed by atoms with Crippen LogP contribution in [0, 0.1) is 22.7 Å². The van der Waals surface area contributed by atoms with E-state index in [1.54, 1.807) is 13.8 Å². The summed E-state index contributed by atoms with van der Waals surface area (Å²) in [6.07, 6.45) is 0.0292. The number of alkyl halides is 4. The molecule has 0 saturated heterocycles. The summed E-state index contributed by atoms with van der Waals surface area (Å²) in [7, 11) is 1.21. The maximum atomic E-state index is 11.5. The highest BCUT2D eigenvalue weighted by Gasteiger charge is 2.44. The normalized spacial score (nSPS) is 15.9. The van der Waals surface area contributed by atoms with E-state index < -0.39 is 26.5 Å². The van der Waals surface area contributed by atoms with Crippen LogP contribution >= 0.6 is 46.4 Å². The minimum absolute atomic E-state index is 0.0292. The molecule has 2 unspecified atom stereocenters. The zero-order valence-corrected chi connectivity index (χ0v) is 12.7. The predicted molar refractivity (Wildman–Crippen MR) is 69.4 cm³/mol. The molecule has 98 valence electrons. The van der Waals surface area contributed by atoms with Crippen molar-refractivity contribution >= 4 is 52.4 Å². The smallest absolute Gasteiger partial charge is 0.323 e. The number of nitriles is 1. The van der Waals surface area contributed by atoms with Gasteiger partial charge < -0.3 is 4.74 Å². The molecule has 0 rings (SSSR count). The second-order valence-electron chi connectivity index (χ2n) is 4.19. The Morgan fingerprint density at radius 2 is 1.88 bits per heavy atom. The van der Waals surface area contributed by atoms with Crippen LogP contribution in [-0.2, 0) is 9.53 Å². The fourth-order valence-electron chi connectivity index (χ4n) is 1.29. The Hall–Kier alpha value is 0.120. The summed E-state index contributed by atoms with van der Waals surface area (Å²) in [6, 6.07) is 1.87. The van der Waals surface area contributed by atoms with Gasteiger partial charge in [0.05, 0.1) is 13.2 Å². The first kappa shape index (κ1) is 17.1. The Morgan fingerprint density at radius 1 is 1.41 bits per heavy atom. The lowest BCUT2D eigenvalue weighted by Crippen LogP contribution is -2.39. The van der Waals surface area contributed by atoms with Crippen molar-refractivity contribution in [1.29, 1.82) is 5.26 Å². The number of hydrogen-bond acceptors (Lipinski definition) is 3. The lowest BCUT2D eigenvalue weighted by atomic mass is 9.75. The lowest BCUT2D eigenvalue weighted by Gasteiger charge is -2.34. The molecule has 17 heavy (non-hydrogen) atoms. The van der Waals surface area contributed by atoms with E-state index in [2.05, 4.69) is 4.74 Å². The molecule has 7 heteroatoms. The van der Waals surface area contributed by atoms with Crippen LogP contribution in [0.15, 0.2) is 0 Å². The first-order valence-corrected chi connectivity index (χ1v) is 6.31. The van der Waals surface area contributed by atoms with Gasteiger partial charge in [-0.2, -0.15) is 5.26 Å². The Kier molecular flexibility index (Phi) is 6.38. The second-order valence-corrected chi connectivity index (χ2v) is 7.24. The van der Waals surface area contributed by atoms with Crippen molar-refractivity contribution in [3.05, 3.63) is 0 Å². The van der Waals surface area contributed by atoms with Crippen LogP contribution in [0.3, 0.4) is 0 Å². The summed E-state index contributed by atoms with van der Waals surface area (Å²) in [4.78, 5) is 11.5. The van der Waals surface area contributed by atoms with Crippen LogP contribution in [0.25, 0.3) is 0 Å². The van der Waals surface area contributed by atoms with Gasteiger partial charge in [-0.15, -0.1) is 11.6 Å². The maximum absolute atomic E-state index is 11.5. The minimum Gasteiger partial charge on any atom is -0.468 e. The molecular weight excluding hydrogens is 308 g/mol. The van der Waals surface area contributed by atoms with E-state index in [-0.39, 0.29) is 6.42 Å². The zero-order chi connectivity index (χ0) is 13.9. The van der Waals surface area contributed by atoms with E-state index in [0.29, 0.717) is 0 Å². The number of esters is 1. The third-order valence-corrected chi connectivity index (χ3v) is 3.71. The summed E-state index contributed by atoms with van der Waals surface area (Å²) >= 11 is 23.0. The van der Waals surface area contributed by atoms with Gasteiger partial charge >= 0.3 is 5.97 Å². The van der Waals surface area contributed by atoms with Crippen LogP contribution in [0.5, 0.6) is 0 Å². The van der Waals surface area contributed by atoms with Gasteiger partial charge in [-0.25, -0.2) is 0 Å². The van der Waals surface area contributed by atoms with Gasteiger partial charge in [0.2, 0.25) is 0 Å². The quantitative estimate of drug-likeness (QED) is 0.586. The lowest BCUT2D eigenvalue weighted by molar-refractivity contribution is -0.146. The van der Waals surface area contributed by atoms with Gasteiger partial charge in [-0.3, -0.25) is 4.79 Å². The highest BCUT2D eigenvalue weighted by molar-refractivity contribution is 6.67. The highest BCUT2D eigenvalue weighted by atomic mass is 35.6. The molecule has 0 aromatic carbocycles. The summed E-state index contributed by atoms with van der Waals surface area (Å²) in [5, 5.41) is 8.35. The van der Waals surface area contributed by atoms with E-state index in [0.717, 1.165) is 0 Å². The van der Waals surface area contributed by atoms with E-state index in [1.165, 1.54) is 7.11 Å². The van der Waals surface area contributed by atoms with E-state index in [9.17, 15) is 4.79 Å². The topological polar surface area (TPSA) is 50.1 Å². The maximum Gasteiger partial charge on any atom is 0.323 e. The Bertz CT molecular complexity index is 319. The van der Waals surface area contributed by atoms with Crippen LogP contribution in [-0.4, -0.2) is 22.2 Å². The average Bonchev–Trinajstić information content (AvgIpc) is 2.15. The molecule has 3 nitrogen and oxygen atoms in total. The summed E-state index contributed by atoms with van der Waals surface area (Å²) in [6.45, 7) is 3.32. The molecule has 0 aliphatic rings. The van der Waals surface area contributed by atoms with Gasteiger partial charge in [0.25, 0.3) is 0 Å². The van der Waals surface area contributed by atoms with Crippen molar-refractivity contribution in [2.75, 3.05) is 7.11 Å². The third-order valence-electron chi connectivity index (χ3n) is 2.53. The molecule has 2 atom stereocenters. The van der Waals surface area contributed by atoms with Gasteiger partial charge in [0, 0.05) is 17.2 Å². The van der Waals surface area contributed by atoms with Crippen LogP contribution in [0.4, 0.5) is 0 Å². The molecule has 0 heterocycles. The molecule has 0 radical (unpaired) electrons. The van der Waals surface area contributed by atoms with Crippen LogP contribution in [0.1, 0.15) is 20.3 Å². The fourth-order valence-corrected chi connectivity index (χ4v) is 2.35. The minimum atomic E-state index is -1.53. The number of nitrogens with zero attached hydrogens (tertiary/aromatic N) is 1. The Balaban J connectivity index is 4.98. The summed E-state index contributed by atoms with van der Waals surface area (Å²) in [5.74, 6) is -1.66.